The van der Waals surface area contributed by atoms with Gasteiger partial charge in [-0.05, 0) is 39.5 Å². The van der Waals surface area contributed by atoms with Crippen LogP contribution in [-0.2, 0) is 0 Å². The topological polar surface area (TPSA) is 85.0 Å². The first kappa shape index (κ1) is 18.5. The summed E-state index contributed by atoms with van der Waals surface area (Å²) < 4.78 is 3.95. The van der Waals surface area contributed by atoms with Crippen molar-refractivity contribution in [2.24, 2.45) is 0 Å². The van der Waals surface area contributed by atoms with Crippen LogP contribution in [0.2, 0.25) is 0 Å². The molecule has 0 amide bonds. The quantitative estimate of drug-likeness (QED) is 0.700. The van der Waals surface area contributed by atoms with E-state index in [9.17, 15) is 0 Å². The second-order valence-electron chi connectivity index (χ2n) is 8.81. The predicted molar refractivity (Wildman–Crippen MR) is 112 cm³/mol. The average molecular weight is 395 g/mol. The van der Waals surface area contributed by atoms with Crippen LogP contribution in [-0.4, -0.2) is 41.4 Å². The molecule has 2 N–H and O–H groups in total. The second kappa shape index (κ2) is 7.74. The van der Waals surface area contributed by atoms with Crippen LogP contribution in [0.1, 0.15) is 76.4 Å². The third kappa shape index (κ3) is 3.85. The Morgan fingerprint density at radius 2 is 1.83 bits per heavy atom. The van der Waals surface area contributed by atoms with Crippen LogP contribution < -0.4 is 10.6 Å². The molecule has 8 nitrogen and oxygen atoms in total. The molecule has 3 aromatic rings. The number of aromatic nitrogens is 6. The number of anilines is 2. The molecule has 1 saturated carbocycles. The van der Waals surface area contributed by atoms with E-state index in [1.54, 1.807) is 6.33 Å². The standard InChI is InChI=1S/C21H30N8/c1-14-8-18(9-15(2)25-14)28-11-17(10-23-28)26-20-21-22-13-24-29(21)12-19(27-20)16-6-4-3-5-7-16/h10-16,18,25H,3-9H2,1-2H3,(H,26,27)/t14-,15+,18+. The summed E-state index contributed by atoms with van der Waals surface area (Å²) in [6, 6.07) is 1.44. The van der Waals surface area contributed by atoms with Gasteiger partial charge in [0.2, 0.25) is 0 Å². The average Bonchev–Trinajstić information content (AvgIpc) is 3.37. The Hall–Kier alpha value is -2.48. The molecule has 5 rings (SSSR count). The molecule has 29 heavy (non-hydrogen) atoms. The Morgan fingerprint density at radius 1 is 1.03 bits per heavy atom. The fourth-order valence-electron chi connectivity index (χ4n) is 5.02. The molecule has 2 fully saturated rings. The van der Waals surface area contributed by atoms with Crippen molar-refractivity contribution in [2.45, 2.75) is 82.8 Å². The van der Waals surface area contributed by atoms with E-state index >= 15 is 0 Å². The van der Waals surface area contributed by atoms with Gasteiger partial charge in [0.1, 0.15) is 6.33 Å². The smallest absolute Gasteiger partial charge is 0.198 e. The maximum atomic E-state index is 4.96. The highest BCUT2D eigenvalue weighted by molar-refractivity contribution is 5.68. The molecular formula is C21H30N8. The van der Waals surface area contributed by atoms with E-state index in [4.69, 9.17) is 4.98 Å². The summed E-state index contributed by atoms with van der Waals surface area (Å²) in [5.74, 6) is 1.27. The third-order valence-electron chi connectivity index (χ3n) is 6.36. The molecule has 154 valence electrons. The molecule has 1 aliphatic heterocycles. The van der Waals surface area contributed by atoms with Crippen LogP contribution >= 0.6 is 0 Å². The highest BCUT2D eigenvalue weighted by Gasteiger charge is 2.25. The van der Waals surface area contributed by atoms with Gasteiger partial charge in [0.05, 0.1) is 29.8 Å². The Bertz CT molecular complexity index is 960. The van der Waals surface area contributed by atoms with Crippen molar-refractivity contribution >= 4 is 17.2 Å². The Balaban J connectivity index is 1.40. The van der Waals surface area contributed by atoms with Crippen LogP contribution in [0.4, 0.5) is 11.5 Å². The number of hydrogen-bond acceptors (Lipinski definition) is 6. The minimum absolute atomic E-state index is 0.423. The summed E-state index contributed by atoms with van der Waals surface area (Å²) in [6.45, 7) is 4.49. The van der Waals surface area contributed by atoms with Crippen LogP contribution in [0.15, 0.2) is 24.9 Å². The molecule has 1 aliphatic carbocycles. The molecule has 0 radical (unpaired) electrons. The van der Waals surface area contributed by atoms with Crippen LogP contribution in [0.5, 0.6) is 0 Å². The Kier molecular flexibility index (Phi) is 4.95. The fourth-order valence-corrected chi connectivity index (χ4v) is 5.02. The van der Waals surface area contributed by atoms with Gasteiger partial charge in [-0.1, -0.05) is 19.3 Å². The molecule has 4 heterocycles. The van der Waals surface area contributed by atoms with Gasteiger partial charge < -0.3 is 10.6 Å². The first-order chi connectivity index (χ1) is 14.2. The lowest BCUT2D eigenvalue weighted by molar-refractivity contribution is 0.250. The van der Waals surface area contributed by atoms with E-state index < -0.39 is 0 Å². The van der Waals surface area contributed by atoms with Crippen molar-refractivity contribution in [3.8, 4) is 0 Å². The SMILES string of the molecule is C[C@@H]1C[C@H](n2cc(Nc3nc(C4CCCCC4)cn4ncnc34)cn2)C[C@H](C)N1. The number of piperidine rings is 1. The van der Waals surface area contributed by atoms with Gasteiger partial charge in [-0.25, -0.2) is 14.5 Å². The first-order valence-electron chi connectivity index (χ1n) is 10.9. The first-order valence-corrected chi connectivity index (χ1v) is 10.9. The molecule has 0 spiro atoms. The zero-order valence-electron chi connectivity index (χ0n) is 17.3. The lowest BCUT2D eigenvalue weighted by Gasteiger charge is -2.32. The molecule has 0 unspecified atom stereocenters. The van der Waals surface area contributed by atoms with E-state index in [0.29, 0.717) is 24.0 Å². The molecule has 0 bridgehead atoms. The van der Waals surface area contributed by atoms with Gasteiger partial charge in [0.25, 0.3) is 0 Å². The molecule has 0 aromatic carbocycles. The molecule has 3 atom stereocenters. The Labute approximate surface area is 171 Å². The number of hydrogen-bond donors (Lipinski definition) is 2. The van der Waals surface area contributed by atoms with E-state index in [1.165, 1.54) is 32.1 Å². The van der Waals surface area contributed by atoms with Gasteiger partial charge >= 0.3 is 0 Å². The summed E-state index contributed by atoms with van der Waals surface area (Å²) >= 11 is 0. The highest BCUT2D eigenvalue weighted by Crippen LogP contribution is 2.33. The van der Waals surface area contributed by atoms with Crippen LogP contribution in [0.3, 0.4) is 0 Å². The molecule has 1 saturated heterocycles. The maximum Gasteiger partial charge on any atom is 0.198 e. The molecular weight excluding hydrogens is 364 g/mol. The van der Waals surface area contributed by atoms with Gasteiger partial charge in [-0.15, -0.1) is 0 Å². The van der Waals surface area contributed by atoms with Crippen molar-refractivity contribution in [1.82, 2.24) is 34.7 Å². The van der Waals surface area contributed by atoms with Crippen molar-refractivity contribution in [2.75, 3.05) is 5.32 Å². The summed E-state index contributed by atoms with van der Waals surface area (Å²) in [5, 5.41) is 16.1. The van der Waals surface area contributed by atoms with Gasteiger partial charge in [0, 0.05) is 24.2 Å². The number of nitrogens with one attached hydrogen (secondary N) is 2. The monoisotopic (exact) mass is 394 g/mol. The lowest BCUT2D eigenvalue weighted by atomic mass is 9.87. The second-order valence-corrected chi connectivity index (χ2v) is 8.81. The van der Waals surface area contributed by atoms with Crippen molar-refractivity contribution in [3.63, 3.8) is 0 Å². The van der Waals surface area contributed by atoms with E-state index in [-0.39, 0.29) is 0 Å². The van der Waals surface area contributed by atoms with E-state index in [2.05, 4.69) is 50.5 Å². The fraction of sp³-hybridized carbons (Fsp3) is 0.619. The summed E-state index contributed by atoms with van der Waals surface area (Å²) in [7, 11) is 0. The third-order valence-corrected chi connectivity index (χ3v) is 6.36. The van der Waals surface area contributed by atoms with Crippen LogP contribution in [0.25, 0.3) is 5.65 Å². The van der Waals surface area contributed by atoms with Crippen molar-refractivity contribution < 1.29 is 0 Å². The number of nitrogens with zero attached hydrogens (tertiary/aromatic N) is 6. The molecule has 2 aliphatic rings. The normalized spacial score (nSPS) is 26.1. The maximum absolute atomic E-state index is 4.96. The predicted octanol–water partition coefficient (Wildman–Crippen LogP) is 3.81. The van der Waals surface area contributed by atoms with E-state index in [1.807, 2.05) is 16.9 Å². The minimum atomic E-state index is 0.423. The largest absolute Gasteiger partial charge is 0.334 e. The molecule has 8 heteroatoms. The van der Waals surface area contributed by atoms with Crippen molar-refractivity contribution in [1.29, 1.82) is 0 Å². The minimum Gasteiger partial charge on any atom is -0.334 e. The number of fused-ring (bicyclic) bond motifs is 1. The zero-order valence-corrected chi connectivity index (χ0v) is 17.3. The van der Waals surface area contributed by atoms with Gasteiger partial charge in [-0.2, -0.15) is 10.2 Å². The Morgan fingerprint density at radius 3 is 2.62 bits per heavy atom. The molecule has 3 aromatic heterocycles. The highest BCUT2D eigenvalue weighted by atomic mass is 15.3. The van der Waals surface area contributed by atoms with Gasteiger partial charge in [0.15, 0.2) is 11.5 Å². The van der Waals surface area contributed by atoms with Crippen LogP contribution in [0, 0.1) is 0 Å². The lowest BCUT2D eigenvalue weighted by Crippen LogP contribution is -2.43. The van der Waals surface area contributed by atoms with Crippen molar-refractivity contribution in [3.05, 3.63) is 30.6 Å². The van der Waals surface area contributed by atoms with E-state index in [0.717, 1.165) is 35.7 Å². The van der Waals surface area contributed by atoms with Gasteiger partial charge in [-0.3, -0.25) is 4.68 Å². The zero-order chi connectivity index (χ0) is 19.8. The number of rotatable bonds is 4. The summed E-state index contributed by atoms with van der Waals surface area (Å²) in [6.07, 6.45) is 16.1. The summed E-state index contributed by atoms with van der Waals surface area (Å²) in [5.41, 5.74) is 2.81. The summed E-state index contributed by atoms with van der Waals surface area (Å²) in [4.78, 5) is 9.37.